The van der Waals surface area contributed by atoms with Gasteiger partial charge in [-0.1, -0.05) is 30.3 Å². The lowest BCUT2D eigenvalue weighted by molar-refractivity contribution is 0.0666. The molecule has 4 nitrogen and oxygen atoms in total. The van der Waals surface area contributed by atoms with E-state index in [4.69, 9.17) is 0 Å². The number of pyridine rings is 1. The minimum atomic E-state index is -0.536. The molecule has 0 unspecified atom stereocenters. The zero-order chi connectivity index (χ0) is 16.2. The molecule has 1 amide bonds. The fraction of sp³-hybridized carbons (Fsp3) is 0.368. The third-order valence-corrected chi connectivity index (χ3v) is 4.48. The van der Waals surface area contributed by atoms with Gasteiger partial charge in [0.15, 0.2) is 0 Å². The summed E-state index contributed by atoms with van der Waals surface area (Å²) in [5, 5.41) is 10.4. The average Bonchev–Trinajstić information content (AvgIpc) is 3.04. The molecule has 1 saturated heterocycles. The van der Waals surface area contributed by atoms with Crippen molar-refractivity contribution in [2.24, 2.45) is 0 Å². The van der Waals surface area contributed by atoms with Gasteiger partial charge in [0.2, 0.25) is 0 Å². The van der Waals surface area contributed by atoms with Crippen molar-refractivity contribution in [1.82, 2.24) is 9.88 Å². The Balaban J connectivity index is 1.70. The number of aliphatic hydroxyl groups is 1. The lowest BCUT2D eigenvalue weighted by Gasteiger charge is -2.26. The Bertz CT molecular complexity index is 655. The first-order chi connectivity index (χ1) is 11.1. The lowest BCUT2D eigenvalue weighted by atomic mass is 10.0. The molecule has 1 aromatic carbocycles. The minimum Gasteiger partial charge on any atom is -0.388 e. The van der Waals surface area contributed by atoms with Crippen LogP contribution in [0.1, 0.15) is 47.0 Å². The third kappa shape index (κ3) is 3.59. The van der Waals surface area contributed by atoms with Gasteiger partial charge in [-0.15, -0.1) is 0 Å². The van der Waals surface area contributed by atoms with Crippen LogP contribution in [-0.2, 0) is 0 Å². The second-order valence-electron chi connectivity index (χ2n) is 6.15. The van der Waals surface area contributed by atoms with Crippen molar-refractivity contribution in [3.05, 3.63) is 65.5 Å². The number of aryl methyl sites for hydroxylation is 1. The first-order valence-electron chi connectivity index (χ1n) is 8.12. The smallest absolute Gasteiger partial charge is 0.255 e. The van der Waals surface area contributed by atoms with Crippen molar-refractivity contribution < 1.29 is 9.90 Å². The number of aliphatic hydroxyl groups excluding tert-OH is 1. The number of amides is 1. The van der Waals surface area contributed by atoms with E-state index in [2.05, 4.69) is 4.98 Å². The monoisotopic (exact) mass is 310 g/mol. The molecule has 0 radical (unpaired) electrons. The van der Waals surface area contributed by atoms with Crippen molar-refractivity contribution in [1.29, 1.82) is 0 Å². The highest BCUT2D eigenvalue weighted by Gasteiger charge is 2.31. The van der Waals surface area contributed by atoms with Crippen LogP contribution in [0.2, 0.25) is 0 Å². The van der Waals surface area contributed by atoms with Gasteiger partial charge in [0.25, 0.3) is 5.91 Å². The average molecular weight is 310 g/mol. The number of hydrogen-bond donors (Lipinski definition) is 1. The van der Waals surface area contributed by atoms with Crippen LogP contribution < -0.4 is 0 Å². The first-order valence-corrected chi connectivity index (χ1v) is 8.12. The largest absolute Gasteiger partial charge is 0.388 e. The van der Waals surface area contributed by atoms with Crippen LogP contribution in [0.5, 0.6) is 0 Å². The van der Waals surface area contributed by atoms with Crippen molar-refractivity contribution in [2.75, 3.05) is 6.54 Å². The quantitative estimate of drug-likeness (QED) is 0.944. The SMILES string of the molecule is Cc1ccc(C(=O)N2CCC[C@@H]2C[C@@H](O)c2ccccc2)cn1. The highest BCUT2D eigenvalue weighted by atomic mass is 16.3. The van der Waals surface area contributed by atoms with E-state index >= 15 is 0 Å². The summed E-state index contributed by atoms with van der Waals surface area (Å²) >= 11 is 0. The summed E-state index contributed by atoms with van der Waals surface area (Å²) in [5.41, 5.74) is 2.43. The Morgan fingerprint density at radius 2 is 2.09 bits per heavy atom. The molecule has 1 N–H and O–H groups in total. The molecule has 0 aliphatic carbocycles. The van der Waals surface area contributed by atoms with Gasteiger partial charge in [-0.2, -0.15) is 0 Å². The van der Waals surface area contributed by atoms with Crippen molar-refractivity contribution in [3.8, 4) is 0 Å². The Hall–Kier alpha value is -2.20. The second-order valence-corrected chi connectivity index (χ2v) is 6.15. The molecule has 1 aliphatic heterocycles. The molecule has 1 aliphatic rings. The number of hydrogen-bond acceptors (Lipinski definition) is 3. The van der Waals surface area contributed by atoms with E-state index in [1.54, 1.807) is 6.20 Å². The zero-order valence-electron chi connectivity index (χ0n) is 13.4. The number of benzene rings is 1. The summed E-state index contributed by atoms with van der Waals surface area (Å²) in [5.74, 6) is 0.0141. The molecular formula is C19H22N2O2. The fourth-order valence-corrected chi connectivity index (χ4v) is 3.18. The summed E-state index contributed by atoms with van der Waals surface area (Å²) in [6, 6.07) is 13.4. The summed E-state index contributed by atoms with van der Waals surface area (Å²) in [4.78, 5) is 18.8. The van der Waals surface area contributed by atoms with Crippen LogP contribution in [-0.4, -0.2) is 33.5 Å². The van der Waals surface area contributed by atoms with Gasteiger partial charge in [-0.3, -0.25) is 9.78 Å². The van der Waals surface area contributed by atoms with Gasteiger partial charge in [-0.05, 0) is 43.9 Å². The summed E-state index contributed by atoms with van der Waals surface area (Å²) < 4.78 is 0. The van der Waals surface area contributed by atoms with E-state index in [1.807, 2.05) is 54.3 Å². The normalized spacial score (nSPS) is 18.9. The molecule has 3 rings (SSSR count). The number of rotatable bonds is 4. The summed E-state index contributed by atoms with van der Waals surface area (Å²) in [7, 11) is 0. The Morgan fingerprint density at radius 3 is 2.78 bits per heavy atom. The molecule has 120 valence electrons. The first kappa shape index (κ1) is 15.7. The maximum Gasteiger partial charge on any atom is 0.255 e. The molecule has 2 aromatic rings. The van der Waals surface area contributed by atoms with Crippen LogP contribution in [0.25, 0.3) is 0 Å². The van der Waals surface area contributed by atoms with Gasteiger partial charge in [-0.25, -0.2) is 0 Å². The standard InChI is InChI=1S/C19H22N2O2/c1-14-9-10-16(13-20-14)19(23)21-11-5-8-17(21)12-18(22)15-6-3-2-4-7-15/h2-4,6-7,9-10,13,17-18,22H,5,8,11-12H2,1H3/t17-,18-/m1/s1. The molecule has 1 fully saturated rings. The topological polar surface area (TPSA) is 53.4 Å². The summed E-state index contributed by atoms with van der Waals surface area (Å²) in [6.07, 6.45) is 3.60. The molecule has 1 aromatic heterocycles. The highest BCUT2D eigenvalue weighted by molar-refractivity contribution is 5.94. The van der Waals surface area contributed by atoms with Crippen LogP contribution >= 0.6 is 0 Å². The maximum atomic E-state index is 12.7. The number of carbonyl (C=O) groups excluding carboxylic acids is 1. The Labute approximate surface area is 136 Å². The van der Waals surface area contributed by atoms with E-state index in [1.165, 1.54) is 0 Å². The Morgan fingerprint density at radius 1 is 1.30 bits per heavy atom. The maximum absolute atomic E-state index is 12.7. The van der Waals surface area contributed by atoms with E-state index in [0.717, 1.165) is 30.6 Å². The van der Waals surface area contributed by atoms with Crippen molar-refractivity contribution in [3.63, 3.8) is 0 Å². The van der Waals surface area contributed by atoms with Crippen LogP contribution in [0.3, 0.4) is 0 Å². The van der Waals surface area contributed by atoms with Gasteiger partial charge < -0.3 is 10.0 Å². The summed E-state index contributed by atoms with van der Waals surface area (Å²) in [6.45, 7) is 2.65. The molecule has 0 bridgehead atoms. The Kier molecular flexibility index (Phi) is 4.72. The molecule has 0 spiro atoms. The zero-order valence-corrected chi connectivity index (χ0v) is 13.4. The second kappa shape index (κ2) is 6.92. The molecule has 2 atom stereocenters. The van der Waals surface area contributed by atoms with Crippen LogP contribution in [0.4, 0.5) is 0 Å². The predicted octanol–water partition coefficient (Wildman–Crippen LogP) is 3.12. The van der Waals surface area contributed by atoms with Gasteiger partial charge in [0.1, 0.15) is 0 Å². The van der Waals surface area contributed by atoms with Gasteiger partial charge in [0.05, 0.1) is 11.7 Å². The molecule has 2 heterocycles. The molecule has 23 heavy (non-hydrogen) atoms. The highest BCUT2D eigenvalue weighted by Crippen LogP contribution is 2.28. The van der Waals surface area contributed by atoms with Crippen molar-refractivity contribution >= 4 is 5.91 Å². The fourth-order valence-electron chi connectivity index (χ4n) is 3.18. The van der Waals surface area contributed by atoms with E-state index < -0.39 is 6.10 Å². The van der Waals surface area contributed by atoms with Crippen LogP contribution in [0.15, 0.2) is 48.7 Å². The van der Waals surface area contributed by atoms with Crippen molar-refractivity contribution in [2.45, 2.75) is 38.3 Å². The minimum absolute atomic E-state index is 0.0141. The molecular weight excluding hydrogens is 288 g/mol. The molecule has 0 saturated carbocycles. The number of aromatic nitrogens is 1. The lowest BCUT2D eigenvalue weighted by Crippen LogP contribution is -2.36. The number of likely N-dealkylation sites (tertiary alicyclic amines) is 1. The number of nitrogens with zero attached hydrogens (tertiary/aromatic N) is 2. The van der Waals surface area contributed by atoms with E-state index in [0.29, 0.717) is 12.0 Å². The van der Waals surface area contributed by atoms with Gasteiger partial charge in [0, 0.05) is 24.5 Å². The van der Waals surface area contributed by atoms with E-state index in [-0.39, 0.29) is 11.9 Å². The predicted molar refractivity (Wildman–Crippen MR) is 89.1 cm³/mol. The molecule has 4 heteroatoms. The van der Waals surface area contributed by atoms with E-state index in [9.17, 15) is 9.90 Å². The van der Waals surface area contributed by atoms with Gasteiger partial charge >= 0.3 is 0 Å². The van der Waals surface area contributed by atoms with Crippen LogP contribution in [0, 0.1) is 6.92 Å². The third-order valence-electron chi connectivity index (χ3n) is 4.48. The number of carbonyl (C=O) groups is 1.